The number of amides is 1. The first-order valence-electron chi connectivity index (χ1n) is 12.6. The zero-order chi connectivity index (χ0) is 23.6. The van der Waals surface area contributed by atoms with E-state index in [1.807, 2.05) is 12.3 Å². The molecule has 0 spiro atoms. The number of nitrogens with one attached hydrogen (secondary N) is 1. The minimum absolute atomic E-state index is 0.0931. The lowest BCUT2D eigenvalue weighted by Crippen LogP contribution is -2.43. The van der Waals surface area contributed by atoms with Crippen molar-refractivity contribution < 1.29 is 9.53 Å². The van der Waals surface area contributed by atoms with Gasteiger partial charge in [0.15, 0.2) is 0 Å². The highest BCUT2D eigenvalue weighted by Crippen LogP contribution is 2.29. The van der Waals surface area contributed by atoms with Crippen molar-refractivity contribution in [3.63, 3.8) is 0 Å². The maximum atomic E-state index is 13.2. The van der Waals surface area contributed by atoms with Crippen LogP contribution in [0.5, 0.6) is 0 Å². The Balaban J connectivity index is 1.40. The molecule has 0 saturated carbocycles. The average Bonchev–Trinajstić information content (AvgIpc) is 3.36. The normalized spacial score (nSPS) is 20.9. The highest BCUT2D eigenvalue weighted by molar-refractivity contribution is 5.82. The van der Waals surface area contributed by atoms with Crippen LogP contribution in [0.25, 0.3) is 11.3 Å². The molecule has 0 radical (unpaired) electrons. The van der Waals surface area contributed by atoms with Crippen LogP contribution in [0.4, 0.5) is 5.69 Å². The van der Waals surface area contributed by atoms with E-state index in [1.165, 1.54) is 16.8 Å². The second kappa shape index (κ2) is 9.76. The smallest absolute Gasteiger partial charge is 0.237 e. The zero-order valence-electron chi connectivity index (χ0n) is 19.9. The van der Waals surface area contributed by atoms with Crippen molar-refractivity contribution in [2.45, 2.75) is 38.4 Å². The number of anilines is 1. The molecule has 7 rings (SSSR count). The van der Waals surface area contributed by atoms with E-state index in [0.717, 1.165) is 74.9 Å². The van der Waals surface area contributed by atoms with E-state index in [1.54, 1.807) is 0 Å². The summed E-state index contributed by atoms with van der Waals surface area (Å²) >= 11 is 0. The van der Waals surface area contributed by atoms with Gasteiger partial charge in [0.1, 0.15) is 5.82 Å². The summed E-state index contributed by atoms with van der Waals surface area (Å²) < 4.78 is 5.60. The van der Waals surface area contributed by atoms with E-state index in [-0.39, 0.29) is 11.9 Å². The Morgan fingerprint density at radius 1 is 0.971 bits per heavy atom. The quantitative estimate of drug-likeness (QED) is 0.591. The fraction of sp³-hybridized carbons (Fsp3) is 0.393. The van der Waals surface area contributed by atoms with Gasteiger partial charge in [0.25, 0.3) is 0 Å². The first-order chi connectivity index (χ1) is 17.2. The Labute approximate surface area is 206 Å². The van der Waals surface area contributed by atoms with E-state index in [0.29, 0.717) is 13.0 Å². The van der Waals surface area contributed by atoms with Crippen LogP contribution in [0.15, 0.2) is 54.7 Å². The minimum atomic E-state index is -0.0931. The van der Waals surface area contributed by atoms with Crippen molar-refractivity contribution in [1.29, 1.82) is 0 Å². The summed E-state index contributed by atoms with van der Waals surface area (Å²) in [6.07, 6.45) is 4.46. The molecule has 5 heterocycles. The van der Waals surface area contributed by atoms with Gasteiger partial charge in [0.05, 0.1) is 24.9 Å². The topological polar surface area (TPSA) is 70.6 Å². The molecule has 4 aliphatic heterocycles. The van der Waals surface area contributed by atoms with Crippen molar-refractivity contribution in [3.05, 3.63) is 77.2 Å². The van der Waals surface area contributed by atoms with Gasteiger partial charge in [0.2, 0.25) is 5.91 Å². The molecule has 2 saturated heterocycles. The van der Waals surface area contributed by atoms with Crippen molar-refractivity contribution in [3.8, 4) is 11.3 Å². The molecule has 0 unspecified atom stereocenters. The second-order valence-electron chi connectivity index (χ2n) is 9.64. The predicted molar refractivity (Wildman–Crippen MR) is 135 cm³/mol. The summed E-state index contributed by atoms with van der Waals surface area (Å²) in [5.74, 6) is 0.939. The predicted octanol–water partition coefficient (Wildman–Crippen LogP) is 3.17. The maximum Gasteiger partial charge on any atom is 0.237 e. The van der Waals surface area contributed by atoms with Crippen LogP contribution >= 0.6 is 0 Å². The van der Waals surface area contributed by atoms with Gasteiger partial charge in [-0.15, -0.1) is 0 Å². The van der Waals surface area contributed by atoms with Crippen molar-refractivity contribution in [1.82, 2.24) is 20.2 Å². The third-order valence-electron chi connectivity index (χ3n) is 7.32. The Kier molecular flexibility index (Phi) is 6.19. The molecule has 1 N–H and O–H groups in total. The van der Waals surface area contributed by atoms with Crippen LogP contribution in [0, 0.1) is 0 Å². The maximum absolute atomic E-state index is 13.2. The Morgan fingerprint density at radius 3 is 2.66 bits per heavy atom. The van der Waals surface area contributed by atoms with Crippen molar-refractivity contribution in [2.75, 3.05) is 37.7 Å². The van der Waals surface area contributed by atoms with Gasteiger partial charge >= 0.3 is 0 Å². The van der Waals surface area contributed by atoms with Crippen LogP contribution in [0.2, 0.25) is 0 Å². The van der Waals surface area contributed by atoms with Gasteiger partial charge in [0, 0.05) is 50.0 Å². The largest absolute Gasteiger partial charge is 0.378 e. The van der Waals surface area contributed by atoms with Gasteiger partial charge < -0.3 is 15.0 Å². The van der Waals surface area contributed by atoms with E-state index in [9.17, 15) is 4.79 Å². The SMILES string of the molecule is O=C1NCc2ccc(cc2)-c2ccnc(n2)Cc2ccc(N3CCOCC3)c(c2)CN2CCC[C@H]12. The molecule has 2 aromatic carbocycles. The third-order valence-corrected chi connectivity index (χ3v) is 7.32. The Bertz CT molecular complexity index is 1210. The van der Waals surface area contributed by atoms with Crippen LogP contribution in [-0.4, -0.2) is 59.7 Å². The second-order valence-corrected chi connectivity index (χ2v) is 9.64. The monoisotopic (exact) mass is 469 g/mol. The number of fused-ring (bicyclic) bond motifs is 4. The van der Waals surface area contributed by atoms with E-state index in [4.69, 9.17) is 9.72 Å². The molecular formula is C28H31N5O2. The van der Waals surface area contributed by atoms with Gasteiger partial charge in [-0.2, -0.15) is 0 Å². The fourth-order valence-electron chi connectivity index (χ4n) is 5.45. The van der Waals surface area contributed by atoms with Crippen molar-refractivity contribution in [2.24, 2.45) is 0 Å². The highest BCUT2D eigenvalue weighted by Gasteiger charge is 2.31. The molecule has 180 valence electrons. The molecule has 2 fully saturated rings. The first-order valence-corrected chi connectivity index (χ1v) is 12.6. The molecule has 35 heavy (non-hydrogen) atoms. The van der Waals surface area contributed by atoms with Crippen LogP contribution in [-0.2, 0) is 29.0 Å². The number of rotatable bonds is 1. The first kappa shape index (κ1) is 22.2. The summed E-state index contributed by atoms with van der Waals surface area (Å²) in [7, 11) is 0. The Hall–Kier alpha value is -3.29. The summed E-state index contributed by atoms with van der Waals surface area (Å²) in [5.41, 5.74) is 6.75. The number of hydrogen-bond acceptors (Lipinski definition) is 6. The molecule has 3 aromatic rings. The van der Waals surface area contributed by atoms with Crippen LogP contribution in [0.1, 0.15) is 35.4 Å². The molecule has 7 heteroatoms. The summed E-state index contributed by atoms with van der Waals surface area (Å²) in [5, 5.41) is 3.18. The van der Waals surface area contributed by atoms with Gasteiger partial charge in [-0.25, -0.2) is 9.97 Å². The molecule has 7 nitrogen and oxygen atoms in total. The number of benzene rings is 2. The van der Waals surface area contributed by atoms with Crippen molar-refractivity contribution >= 4 is 11.6 Å². The number of hydrogen-bond donors (Lipinski definition) is 1. The molecule has 0 aliphatic carbocycles. The standard InChI is InChI=1S/C28H31N5O2/c34-28-26-2-1-11-33(26)19-23-16-21(5-8-25(23)32-12-14-35-15-13-32)17-27-29-10-9-24(31-27)22-6-3-20(4-7-22)18-30-28/h3-10,16,26H,1-2,11-15,17-19H2,(H,30,34)/t26-/m1/s1. The lowest BCUT2D eigenvalue weighted by atomic mass is 10.0. The van der Waals surface area contributed by atoms with Gasteiger partial charge in [-0.05, 0) is 48.2 Å². The summed E-state index contributed by atoms with van der Waals surface area (Å²) in [6, 6.07) is 16.9. The zero-order valence-corrected chi connectivity index (χ0v) is 19.9. The lowest BCUT2D eigenvalue weighted by molar-refractivity contribution is -0.125. The Morgan fingerprint density at radius 2 is 1.80 bits per heavy atom. The van der Waals surface area contributed by atoms with E-state index in [2.05, 4.69) is 62.6 Å². The third kappa shape index (κ3) is 4.79. The fourth-order valence-corrected chi connectivity index (χ4v) is 5.45. The number of aromatic nitrogens is 2. The van der Waals surface area contributed by atoms with Crippen LogP contribution in [0.3, 0.4) is 0 Å². The molecule has 1 amide bonds. The van der Waals surface area contributed by atoms with Gasteiger partial charge in [-0.3, -0.25) is 9.69 Å². The minimum Gasteiger partial charge on any atom is -0.378 e. The number of carbonyl (C=O) groups excluding carboxylic acids is 1. The highest BCUT2D eigenvalue weighted by atomic mass is 16.5. The number of nitrogens with zero attached hydrogens (tertiary/aromatic N) is 4. The average molecular weight is 470 g/mol. The van der Waals surface area contributed by atoms with E-state index >= 15 is 0 Å². The molecular weight excluding hydrogens is 438 g/mol. The number of carbonyl (C=O) groups is 1. The molecule has 4 aliphatic rings. The molecule has 1 aromatic heterocycles. The number of ether oxygens (including phenoxy) is 1. The number of morpholine rings is 1. The summed E-state index contributed by atoms with van der Waals surface area (Å²) in [4.78, 5) is 27.4. The van der Waals surface area contributed by atoms with Crippen LogP contribution < -0.4 is 10.2 Å². The van der Waals surface area contributed by atoms with Gasteiger partial charge in [-0.1, -0.05) is 36.4 Å². The molecule has 6 bridgehead atoms. The lowest BCUT2D eigenvalue weighted by Gasteiger charge is -2.32. The molecule has 1 atom stereocenters. The summed E-state index contributed by atoms with van der Waals surface area (Å²) in [6.45, 7) is 5.50. The van der Waals surface area contributed by atoms with E-state index < -0.39 is 0 Å².